The molecular formula is C7H7N3O3. The Kier molecular flexibility index (Phi) is 2.80. The molecule has 1 heterocycles. The molecule has 6 heteroatoms. The molecule has 2 amide bonds. The highest BCUT2D eigenvalue weighted by Crippen LogP contribution is 1.94. The zero-order valence-corrected chi connectivity index (χ0v) is 6.56. The molecule has 0 unspecified atom stereocenters. The molecule has 1 rings (SSSR count). The van der Waals surface area contributed by atoms with Crippen molar-refractivity contribution in [3.63, 3.8) is 0 Å². The first-order chi connectivity index (χ1) is 6.20. The molecule has 0 spiro atoms. The van der Waals surface area contributed by atoms with Gasteiger partial charge in [-0.15, -0.1) is 0 Å². The Hall–Kier alpha value is -2.11. The van der Waals surface area contributed by atoms with Gasteiger partial charge in [0.05, 0.1) is 12.5 Å². The number of carbonyl (C=O) groups is 2. The molecule has 3 N–H and O–H groups in total. The molecule has 6 nitrogen and oxygen atoms in total. The fourth-order valence-corrected chi connectivity index (χ4v) is 0.574. The van der Waals surface area contributed by atoms with E-state index in [-0.39, 0.29) is 0 Å². The van der Waals surface area contributed by atoms with Crippen molar-refractivity contribution in [1.29, 1.82) is 0 Å². The summed E-state index contributed by atoms with van der Waals surface area (Å²) >= 11 is 0. The maximum Gasteiger partial charge on any atom is 0.329 e. The van der Waals surface area contributed by atoms with E-state index in [4.69, 9.17) is 4.42 Å². The van der Waals surface area contributed by atoms with Gasteiger partial charge in [-0.25, -0.2) is 5.43 Å². The first-order valence-corrected chi connectivity index (χ1v) is 3.36. The van der Waals surface area contributed by atoms with E-state index in [2.05, 4.69) is 10.8 Å². The summed E-state index contributed by atoms with van der Waals surface area (Å²) in [5, 5.41) is 3.42. The van der Waals surface area contributed by atoms with Gasteiger partial charge in [0, 0.05) is 0 Å². The second-order valence-electron chi connectivity index (χ2n) is 2.08. The van der Waals surface area contributed by atoms with Gasteiger partial charge >= 0.3 is 11.8 Å². The van der Waals surface area contributed by atoms with Crippen molar-refractivity contribution in [2.24, 2.45) is 10.8 Å². The molecule has 0 aliphatic heterocycles. The first kappa shape index (κ1) is 8.98. The van der Waals surface area contributed by atoms with E-state index >= 15 is 0 Å². The number of nitrogens with zero attached hydrogens (tertiary/aromatic N) is 1. The lowest BCUT2D eigenvalue weighted by atomic mass is 10.5. The highest BCUT2D eigenvalue weighted by molar-refractivity contribution is 6.34. The van der Waals surface area contributed by atoms with Crippen LogP contribution in [0.15, 0.2) is 27.9 Å². The summed E-state index contributed by atoms with van der Waals surface area (Å²) < 4.78 is 4.86. The molecule has 1 aromatic rings. The third-order valence-corrected chi connectivity index (χ3v) is 1.12. The van der Waals surface area contributed by atoms with Crippen molar-refractivity contribution < 1.29 is 14.0 Å². The van der Waals surface area contributed by atoms with Gasteiger partial charge in [-0.3, -0.25) is 9.59 Å². The van der Waals surface area contributed by atoms with Crippen molar-refractivity contribution in [1.82, 2.24) is 5.43 Å². The van der Waals surface area contributed by atoms with Crippen molar-refractivity contribution in [3.8, 4) is 0 Å². The average Bonchev–Trinajstić information content (AvgIpc) is 2.56. The zero-order chi connectivity index (χ0) is 9.68. The average molecular weight is 181 g/mol. The summed E-state index contributed by atoms with van der Waals surface area (Å²) in [5.74, 6) is -1.59. The molecule has 0 aliphatic carbocycles. The van der Waals surface area contributed by atoms with Crippen LogP contribution in [0.25, 0.3) is 0 Å². The smallest absolute Gasteiger partial charge is 0.329 e. The van der Waals surface area contributed by atoms with E-state index in [0.717, 1.165) is 0 Å². The van der Waals surface area contributed by atoms with Crippen LogP contribution in [0.2, 0.25) is 0 Å². The topological polar surface area (TPSA) is 97.7 Å². The van der Waals surface area contributed by atoms with Crippen LogP contribution in [-0.4, -0.2) is 18.0 Å². The van der Waals surface area contributed by atoms with Crippen molar-refractivity contribution in [2.45, 2.75) is 0 Å². The third kappa shape index (κ3) is 2.78. The Labute approximate surface area is 73.4 Å². The summed E-state index contributed by atoms with van der Waals surface area (Å²) in [7, 11) is 0. The fourth-order valence-electron chi connectivity index (χ4n) is 0.574. The normalized spacial score (nSPS) is 10.2. The van der Waals surface area contributed by atoms with Gasteiger partial charge in [0.25, 0.3) is 0 Å². The standard InChI is InChI=1S/C7H7N3O3/c8-6(11)7(12)10-9-4-5-2-1-3-13-5/h1-4H,(H2,8,11)(H,10,12). The molecule has 0 aromatic carbocycles. The molecule has 0 bridgehead atoms. The van der Waals surface area contributed by atoms with Crippen LogP contribution in [0.4, 0.5) is 0 Å². The Morgan fingerprint density at radius 3 is 2.92 bits per heavy atom. The molecular weight excluding hydrogens is 174 g/mol. The van der Waals surface area contributed by atoms with E-state index in [9.17, 15) is 9.59 Å². The molecule has 0 saturated heterocycles. The Balaban J connectivity index is 2.43. The molecule has 68 valence electrons. The maximum absolute atomic E-state index is 10.5. The number of nitrogens with two attached hydrogens (primary N) is 1. The van der Waals surface area contributed by atoms with Gasteiger partial charge in [0.2, 0.25) is 0 Å². The molecule has 0 fully saturated rings. The molecule has 0 aliphatic rings. The van der Waals surface area contributed by atoms with Gasteiger partial charge < -0.3 is 10.2 Å². The van der Waals surface area contributed by atoms with Crippen molar-refractivity contribution in [3.05, 3.63) is 24.2 Å². The number of rotatable bonds is 2. The van der Waals surface area contributed by atoms with E-state index in [0.29, 0.717) is 5.76 Å². The number of carbonyl (C=O) groups excluding carboxylic acids is 2. The van der Waals surface area contributed by atoms with E-state index in [1.54, 1.807) is 12.1 Å². The SMILES string of the molecule is NC(=O)C(=O)NN=Cc1ccco1. The zero-order valence-electron chi connectivity index (χ0n) is 6.56. The Bertz CT molecular complexity index is 329. The minimum Gasteiger partial charge on any atom is -0.463 e. The van der Waals surface area contributed by atoms with Crippen LogP contribution < -0.4 is 11.2 Å². The van der Waals surface area contributed by atoms with Gasteiger partial charge in [0.15, 0.2) is 0 Å². The van der Waals surface area contributed by atoms with E-state index in [1.165, 1.54) is 12.5 Å². The summed E-state index contributed by atoms with van der Waals surface area (Å²) in [6.07, 6.45) is 2.71. The minimum absolute atomic E-state index is 0.463. The lowest BCUT2D eigenvalue weighted by molar-refractivity contribution is -0.137. The van der Waals surface area contributed by atoms with Crippen LogP contribution in [0.3, 0.4) is 0 Å². The quantitative estimate of drug-likeness (QED) is 0.355. The number of hydrazone groups is 1. The number of furan rings is 1. The third-order valence-electron chi connectivity index (χ3n) is 1.12. The number of nitrogens with one attached hydrogen (secondary N) is 1. The van der Waals surface area contributed by atoms with Crippen molar-refractivity contribution in [2.75, 3.05) is 0 Å². The second kappa shape index (κ2) is 4.05. The molecule has 0 saturated carbocycles. The van der Waals surface area contributed by atoms with Crippen LogP contribution in [0.1, 0.15) is 5.76 Å². The predicted molar refractivity (Wildman–Crippen MR) is 43.6 cm³/mol. The lowest BCUT2D eigenvalue weighted by Gasteiger charge is -1.91. The highest BCUT2D eigenvalue weighted by Gasteiger charge is 2.05. The Morgan fingerprint density at radius 2 is 2.38 bits per heavy atom. The summed E-state index contributed by atoms with van der Waals surface area (Å²) in [4.78, 5) is 20.7. The monoisotopic (exact) mass is 181 g/mol. The summed E-state index contributed by atoms with van der Waals surface area (Å²) in [6.45, 7) is 0. The maximum atomic E-state index is 10.5. The van der Waals surface area contributed by atoms with Gasteiger partial charge in [0.1, 0.15) is 5.76 Å². The fraction of sp³-hybridized carbons (Fsp3) is 0. The van der Waals surface area contributed by atoms with Gasteiger partial charge in [-0.05, 0) is 12.1 Å². The highest BCUT2D eigenvalue weighted by atomic mass is 16.3. The largest absolute Gasteiger partial charge is 0.463 e. The number of primary amides is 1. The number of amides is 2. The summed E-state index contributed by atoms with van der Waals surface area (Å²) in [6, 6.07) is 3.30. The van der Waals surface area contributed by atoms with Gasteiger partial charge in [-0.1, -0.05) is 0 Å². The van der Waals surface area contributed by atoms with Crippen LogP contribution >= 0.6 is 0 Å². The molecule has 1 aromatic heterocycles. The van der Waals surface area contributed by atoms with E-state index < -0.39 is 11.8 Å². The van der Waals surface area contributed by atoms with Crippen molar-refractivity contribution >= 4 is 18.0 Å². The number of hydrogen-bond acceptors (Lipinski definition) is 4. The second-order valence-corrected chi connectivity index (χ2v) is 2.08. The van der Waals surface area contributed by atoms with Crippen LogP contribution in [0.5, 0.6) is 0 Å². The van der Waals surface area contributed by atoms with E-state index in [1.807, 2.05) is 5.43 Å². The Morgan fingerprint density at radius 1 is 1.62 bits per heavy atom. The lowest BCUT2D eigenvalue weighted by Crippen LogP contribution is -2.32. The summed E-state index contributed by atoms with van der Waals surface area (Å²) in [5.41, 5.74) is 6.56. The van der Waals surface area contributed by atoms with Gasteiger partial charge in [-0.2, -0.15) is 5.10 Å². The first-order valence-electron chi connectivity index (χ1n) is 3.36. The molecule has 0 atom stereocenters. The predicted octanol–water partition coefficient (Wildman–Crippen LogP) is -0.785. The number of hydrogen-bond donors (Lipinski definition) is 2. The minimum atomic E-state index is -1.09. The molecule has 13 heavy (non-hydrogen) atoms. The van der Waals surface area contributed by atoms with Crippen LogP contribution in [0, 0.1) is 0 Å². The molecule has 0 radical (unpaired) electrons. The van der Waals surface area contributed by atoms with Crippen LogP contribution in [-0.2, 0) is 9.59 Å².